The molecular weight excluding hydrogens is 452 g/mol. The minimum Gasteiger partial charge on any atom is -0.308 e. The van der Waals surface area contributed by atoms with Gasteiger partial charge in [0.05, 0.1) is 23.2 Å². The molecule has 34 heavy (non-hydrogen) atoms. The van der Waals surface area contributed by atoms with Crippen molar-refractivity contribution in [1.29, 1.82) is 0 Å². The molecule has 0 aliphatic heterocycles. The number of nitrogens with zero attached hydrogens (tertiary/aromatic N) is 7. The molecule has 4 aromatic heterocycles. The summed E-state index contributed by atoms with van der Waals surface area (Å²) in [5.74, 6) is 0.754. The number of thioether (sulfide) groups is 1. The lowest BCUT2D eigenvalue weighted by atomic mass is 10.2. The van der Waals surface area contributed by atoms with Crippen molar-refractivity contribution in [1.82, 2.24) is 33.9 Å². The second-order valence-electron chi connectivity index (χ2n) is 7.43. The number of pyridine rings is 1. The fourth-order valence-corrected chi connectivity index (χ4v) is 4.36. The largest absolute Gasteiger partial charge is 0.308 e. The number of benzene rings is 1. The number of fused-ring (bicyclic) bond motifs is 3. The molecule has 0 aliphatic rings. The number of anilines is 1. The predicted molar refractivity (Wildman–Crippen MR) is 130 cm³/mol. The molecule has 0 saturated carbocycles. The maximum absolute atomic E-state index is 12.9. The maximum atomic E-state index is 12.9. The van der Waals surface area contributed by atoms with Gasteiger partial charge < -0.3 is 5.32 Å². The first-order valence-corrected chi connectivity index (χ1v) is 11.4. The molecule has 0 fully saturated rings. The Kier molecular flexibility index (Phi) is 5.91. The highest BCUT2D eigenvalue weighted by molar-refractivity contribution is 7.99. The van der Waals surface area contributed by atoms with E-state index >= 15 is 0 Å². The van der Waals surface area contributed by atoms with Crippen LogP contribution < -0.4 is 10.9 Å². The van der Waals surface area contributed by atoms with E-state index in [9.17, 15) is 9.59 Å². The molecule has 11 heteroatoms. The van der Waals surface area contributed by atoms with E-state index in [0.29, 0.717) is 40.7 Å². The van der Waals surface area contributed by atoms with Crippen molar-refractivity contribution in [3.8, 4) is 0 Å². The highest BCUT2D eigenvalue weighted by atomic mass is 32.2. The zero-order valence-electron chi connectivity index (χ0n) is 18.0. The quantitative estimate of drug-likeness (QED) is 0.273. The van der Waals surface area contributed by atoms with Crippen LogP contribution in [0.4, 0.5) is 5.82 Å². The van der Waals surface area contributed by atoms with Gasteiger partial charge in [-0.05, 0) is 29.8 Å². The van der Waals surface area contributed by atoms with Crippen LogP contribution >= 0.6 is 11.8 Å². The maximum Gasteiger partial charge on any atom is 0.263 e. The SMILES string of the molecule is C=CCn1c(=O)c2ccccc2n2c(SCC(=O)Nc3ccn(Cc4ccncc4)n3)nnc12. The molecule has 1 aromatic carbocycles. The number of amides is 1. The summed E-state index contributed by atoms with van der Waals surface area (Å²) in [7, 11) is 0. The van der Waals surface area contributed by atoms with Gasteiger partial charge in [-0.15, -0.1) is 16.8 Å². The third-order valence-electron chi connectivity index (χ3n) is 5.12. The minimum absolute atomic E-state index is 0.104. The number of hydrogen-bond donors (Lipinski definition) is 1. The second-order valence-corrected chi connectivity index (χ2v) is 8.37. The van der Waals surface area contributed by atoms with E-state index in [0.717, 1.165) is 5.56 Å². The normalized spacial score (nSPS) is 11.2. The summed E-state index contributed by atoms with van der Waals surface area (Å²) in [4.78, 5) is 29.5. The molecule has 0 atom stereocenters. The van der Waals surface area contributed by atoms with Crippen molar-refractivity contribution < 1.29 is 4.79 Å². The number of aromatic nitrogens is 7. The van der Waals surface area contributed by atoms with Crippen LogP contribution in [0.5, 0.6) is 0 Å². The summed E-state index contributed by atoms with van der Waals surface area (Å²) in [5.41, 5.74) is 1.59. The average molecular weight is 473 g/mol. The molecule has 0 radical (unpaired) electrons. The summed E-state index contributed by atoms with van der Waals surface area (Å²) in [5, 5.41) is 16.7. The molecule has 170 valence electrons. The minimum atomic E-state index is -0.223. The molecule has 0 aliphatic carbocycles. The lowest BCUT2D eigenvalue weighted by Gasteiger charge is -2.09. The molecular formula is C23H20N8O2S. The summed E-state index contributed by atoms with van der Waals surface area (Å²) in [6.07, 6.45) is 6.90. The van der Waals surface area contributed by atoms with Gasteiger partial charge in [-0.1, -0.05) is 30.0 Å². The van der Waals surface area contributed by atoms with E-state index in [2.05, 4.69) is 32.2 Å². The van der Waals surface area contributed by atoms with Crippen LogP contribution in [0, 0.1) is 0 Å². The van der Waals surface area contributed by atoms with E-state index < -0.39 is 0 Å². The summed E-state index contributed by atoms with van der Waals surface area (Å²) in [6.45, 7) is 4.62. The van der Waals surface area contributed by atoms with Gasteiger partial charge in [0, 0.05) is 31.2 Å². The Morgan fingerprint density at radius 3 is 2.76 bits per heavy atom. The first-order chi connectivity index (χ1) is 16.6. The number of rotatable bonds is 8. The van der Waals surface area contributed by atoms with Crippen molar-refractivity contribution in [2.24, 2.45) is 0 Å². The Balaban J connectivity index is 1.33. The molecule has 0 spiro atoms. The molecule has 10 nitrogen and oxygen atoms in total. The van der Waals surface area contributed by atoms with Gasteiger partial charge in [-0.3, -0.25) is 28.2 Å². The third-order valence-corrected chi connectivity index (χ3v) is 6.05. The molecule has 0 saturated heterocycles. The van der Waals surface area contributed by atoms with Crippen LogP contribution in [0.3, 0.4) is 0 Å². The van der Waals surface area contributed by atoms with Crippen LogP contribution in [0.25, 0.3) is 16.7 Å². The number of carbonyl (C=O) groups excluding carboxylic acids is 1. The summed E-state index contributed by atoms with van der Waals surface area (Å²) >= 11 is 1.24. The molecule has 5 rings (SSSR count). The Hall–Kier alpha value is -4.25. The topological polar surface area (TPSA) is 112 Å². The lowest BCUT2D eigenvalue weighted by Crippen LogP contribution is -2.22. The molecule has 1 amide bonds. The standard InChI is InChI=1S/C23H20N8O2S/c1-2-12-30-21(33)17-5-3-4-6-18(17)31-22(30)26-27-23(31)34-15-20(32)25-19-9-13-29(28-19)14-16-7-10-24-11-8-16/h2-11,13H,1,12,14-15H2,(H,25,28,32). The summed E-state index contributed by atoms with van der Waals surface area (Å²) in [6, 6.07) is 12.8. The third kappa shape index (κ3) is 4.20. The van der Waals surface area contributed by atoms with E-state index in [1.54, 1.807) is 45.9 Å². The number of nitrogens with one attached hydrogen (secondary N) is 1. The molecule has 0 unspecified atom stereocenters. The lowest BCUT2D eigenvalue weighted by molar-refractivity contribution is -0.113. The fourth-order valence-electron chi connectivity index (χ4n) is 3.62. The monoisotopic (exact) mass is 472 g/mol. The molecule has 4 heterocycles. The van der Waals surface area contributed by atoms with Crippen LogP contribution in [-0.2, 0) is 17.9 Å². The van der Waals surface area contributed by atoms with E-state index in [1.807, 2.05) is 30.3 Å². The number of hydrogen-bond acceptors (Lipinski definition) is 7. The smallest absolute Gasteiger partial charge is 0.263 e. The number of carbonyl (C=O) groups is 1. The van der Waals surface area contributed by atoms with E-state index in [-0.39, 0.29) is 17.2 Å². The van der Waals surface area contributed by atoms with Crippen LogP contribution in [0.2, 0.25) is 0 Å². The zero-order valence-corrected chi connectivity index (χ0v) is 18.9. The predicted octanol–water partition coefficient (Wildman–Crippen LogP) is 2.60. The number of para-hydroxylation sites is 1. The highest BCUT2D eigenvalue weighted by Crippen LogP contribution is 2.22. The van der Waals surface area contributed by atoms with Gasteiger partial charge in [-0.25, -0.2) is 0 Å². The first kappa shape index (κ1) is 21.6. The number of allylic oxidation sites excluding steroid dienone is 1. The summed E-state index contributed by atoms with van der Waals surface area (Å²) < 4.78 is 5.05. The van der Waals surface area contributed by atoms with Gasteiger partial charge in [0.2, 0.25) is 11.7 Å². The Morgan fingerprint density at radius 1 is 1.12 bits per heavy atom. The van der Waals surface area contributed by atoms with E-state index in [1.165, 1.54) is 16.3 Å². The molecule has 5 aromatic rings. The van der Waals surface area contributed by atoms with Crippen LogP contribution in [0.15, 0.2) is 83.7 Å². The Labute approximate surface area is 198 Å². The Morgan fingerprint density at radius 2 is 1.94 bits per heavy atom. The van der Waals surface area contributed by atoms with Crippen molar-refractivity contribution in [2.75, 3.05) is 11.1 Å². The van der Waals surface area contributed by atoms with Gasteiger partial charge >= 0.3 is 0 Å². The van der Waals surface area contributed by atoms with Gasteiger partial charge in [-0.2, -0.15) is 5.10 Å². The van der Waals surface area contributed by atoms with E-state index in [4.69, 9.17) is 0 Å². The van der Waals surface area contributed by atoms with Crippen molar-refractivity contribution in [2.45, 2.75) is 18.2 Å². The zero-order chi connectivity index (χ0) is 23.5. The van der Waals surface area contributed by atoms with Crippen molar-refractivity contribution in [3.05, 3.63) is 89.6 Å². The van der Waals surface area contributed by atoms with Gasteiger partial charge in [0.15, 0.2) is 11.0 Å². The van der Waals surface area contributed by atoms with Crippen molar-refractivity contribution >= 4 is 40.2 Å². The van der Waals surface area contributed by atoms with Gasteiger partial charge in [0.1, 0.15) is 0 Å². The average Bonchev–Trinajstić information content (AvgIpc) is 3.48. The molecule has 0 bridgehead atoms. The van der Waals surface area contributed by atoms with Crippen LogP contribution in [0.1, 0.15) is 5.56 Å². The molecule has 1 N–H and O–H groups in total. The van der Waals surface area contributed by atoms with Gasteiger partial charge in [0.25, 0.3) is 5.56 Å². The Bertz CT molecular complexity index is 1550. The fraction of sp³-hybridized carbons (Fsp3) is 0.130. The van der Waals surface area contributed by atoms with Crippen LogP contribution in [-0.4, -0.2) is 45.6 Å². The first-order valence-electron chi connectivity index (χ1n) is 10.5. The highest BCUT2D eigenvalue weighted by Gasteiger charge is 2.17. The van der Waals surface area contributed by atoms with Crippen molar-refractivity contribution in [3.63, 3.8) is 0 Å². The second kappa shape index (κ2) is 9.32.